The van der Waals surface area contributed by atoms with E-state index in [1.54, 1.807) is 0 Å². The molecule has 2 atom stereocenters. The minimum atomic E-state index is -0.101. The molecule has 4 heteroatoms. The van der Waals surface area contributed by atoms with E-state index in [9.17, 15) is 0 Å². The number of rotatable bonds is 3. The van der Waals surface area contributed by atoms with Gasteiger partial charge in [0.25, 0.3) is 0 Å². The van der Waals surface area contributed by atoms with Gasteiger partial charge in [-0.15, -0.1) is 0 Å². The summed E-state index contributed by atoms with van der Waals surface area (Å²) in [5, 5.41) is 0. The number of nitrogens with zero attached hydrogens (tertiary/aromatic N) is 1. The third kappa shape index (κ3) is 3.67. The van der Waals surface area contributed by atoms with Crippen LogP contribution in [0.5, 0.6) is 0 Å². The predicted octanol–water partition coefficient (Wildman–Crippen LogP) is 1.38. The number of nitrogens with two attached hydrogens (primary N) is 1. The van der Waals surface area contributed by atoms with Gasteiger partial charge >= 0.3 is 0 Å². The minimum Gasteiger partial charge on any atom is -0.371 e. The molecule has 2 unspecified atom stereocenters. The molecule has 4 nitrogen and oxygen atoms in total. The van der Waals surface area contributed by atoms with Crippen LogP contribution >= 0.6 is 0 Å². The maximum absolute atomic E-state index is 6.07. The van der Waals surface area contributed by atoms with E-state index < -0.39 is 0 Å². The molecule has 0 aliphatic carbocycles. The molecule has 2 fully saturated rings. The molecule has 0 bridgehead atoms. The van der Waals surface area contributed by atoms with Crippen molar-refractivity contribution in [3.8, 4) is 0 Å². The molecule has 0 aromatic carbocycles. The van der Waals surface area contributed by atoms with Crippen LogP contribution in [0.3, 0.4) is 0 Å². The first-order valence-electron chi connectivity index (χ1n) is 7.08. The summed E-state index contributed by atoms with van der Waals surface area (Å²) in [4.78, 5) is 2.45. The van der Waals surface area contributed by atoms with Crippen LogP contribution in [0.4, 0.5) is 0 Å². The summed E-state index contributed by atoms with van der Waals surface area (Å²) in [5.41, 5.74) is 5.71. The maximum Gasteiger partial charge on any atom is 0.0831 e. The minimum absolute atomic E-state index is 0.0553. The monoisotopic (exact) mass is 256 g/mol. The second-order valence-corrected chi connectivity index (χ2v) is 6.97. The Morgan fingerprint density at radius 2 is 1.78 bits per heavy atom. The van der Waals surface area contributed by atoms with Crippen molar-refractivity contribution in [1.82, 2.24) is 4.90 Å². The zero-order valence-electron chi connectivity index (χ0n) is 12.2. The van der Waals surface area contributed by atoms with Crippen molar-refractivity contribution in [3.63, 3.8) is 0 Å². The summed E-state index contributed by atoms with van der Waals surface area (Å²) in [6, 6.07) is 0. The maximum atomic E-state index is 6.07. The highest BCUT2D eigenvalue weighted by Gasteiger charge is 2.37. The summed E-state index contributed by atoms with van der Waals surface area (Å²) in [5.74, 6) is 0. The molecule has 18 heavy (non-hydrogen) atoms. The lowest BCUT2D eigenvalue weighted by atomic mass is 10.0. The van der Waals surface area contributed by atoms with Crippen LogP contribution < -0.4 is 5.73 Å². The second-order valence-electron chi connectivity index (χ2n) is 6.97. The molecule has 106 valence electrons. The second kappa shape index (κ2) is 5.08. The zero-order chi connectivity index (χ0) is 13.4. The smallest absolute Gasteiger partial charge is 0.0831 e. The van der Waals surface area contributed by atoms with E-state index in [4.69, 9.17) is 15.2 Å². The van der Waals surface area contributed by atoms with Crippen LogP contribution in [-0.2, 0) is 9.47 Å². The lowest BCUT2D eigenvalue weighted by Gasteiger charge is -2.43. The van der Waals surface area contributed by atoms with Crippen LogP contribution in [0.2, 0.25) is 0 Å². The van der Waals surface area contributed by atoms with Gasteiger partial charge in [0.05, 0.1) is 23.4 Å². The summed E-state index contributed by atoms with van der Waals surface area (Å²) in [6.45, 7) is 12.1. The van der Waals surface area contributed by atoms with Gasteiger partial charge in [-0.3, -0.25) is 4.90 Å². The van der Waals surface area contributed by atoms with Crippen LogP contribution in [-0.4, -0.2) is 54.5 Å². The van der Waals surface area contributed by atoms with Crippen molar-refractivity contribution in [2.75, 3.05) is 26.2 Å². The van der Waals surface area contributed by atoms with Crippen LogP contribution in [0, 0.1) is 0 Å². The molecule has 2 saturated heterocycles. The average Bonchev–Trinajstić information content (AvgIpc) is 2.55. The highest BCUT2D eigenvalue weighted by molar-refractivity contribution is 4.88. The van der Waals surface area contributed by atoms with Crippen molar-refractivity contribution in [3.05, 3.63) is 0 Å². The molecule has 2 aliphatic heterocycles. The quantitative estimate of drug-likeness (QED) is 0.829. The van der Waals surface area contributed by atoms with E-state index >= 15 is 0 Å². The molecule has 0 radical (unpaired) electrons. The zero-order valence-corrected chi connectivity index (χ0v) is 12.2. The number of hydrogen-bond acceptors (Lipinski definition) is 4. The van der Waals surface area contributed by atoms with E-state index in [2.05, 4.69) is 32.6 Å². The summed E-state index contributed by atoms with van der Waals surface area (Å²) >= 11 is 0. The molecule has 2 rings (SSSR count). The van der Waals surface area contributed by atoms with Gasteiger partial charge in [-0.1, -0.05) is 0 Å². The van der Waals surface area contributed by atoms with Gasteiger partial charge in [-0.05, 0) is 40.5 Å². The third-order valence-electron chi connectivity index (χ3n) is 3.83. The number of hydrogen-bond donors (Lipinski definition) is 1. The molecule has 0 aromatic heterocycles. The molecule has 0 amide bonds. The first-order chi connectivity index (χ1) is 8.30. The van der Waals surface area contributed by atoms with Gasteiger partial charge in [0.2, 0.25) is 0 Å². The van der Waals surface area contributed by atoms with E-state index in [1.807, 2.05) is 0 Å². The Labute approximate surface area is 111 Å². The van der Waals surface area contributed by atoms with Crippen molar-refractivity contribution in [2.45, 2.75) is 63.9 Å². The molecule has 0 aromatic rings. The van der Waals surface area contributed by atoms with Crippen molar-refractivity contribution < 1.29 is 9.47 Å². The molecular formula is C14H28N2O2. The van der Waals surface area contributed by atoms with E-state index in [1.165, 1.54) is 0 Å². The topological polar surface area (TPSA) is 47.7 Å². The Morgan fingerprint density at radius 3 is 2.33 bits per heavy atom. The summed E-state index contributed by atoms with van der Waals surface area (Å²) in [6.07, 6.45) is 2.85. The highest BCUT2D eigenvalue weighted by Crippen LogP contribution is 2.30. The number of morpholine rings is 1. The van der Waals surface area contributed by atoms with Gasteiger partial charge < -0.3 is 15.2 Å². The van der Waals surface area contributed by atoms with Gasteiger partial charge in [0.1, 0.15) is 0 Å². The normalized spacial score (nSPS) is 35.8. The fourth-order valence-electron chi connectivity index (χ4n) is 3.17. The molecule has 0 spiro atoms. The molecule has 2 heterocycles. The Kier molecular flexibility index (Phi) is 4.02. The van der Waals surface area contributed by atoms with Crippen LogP contribution in [0.1, 0.15) is 40.5 Å². The van der Waals surface area contributed by atoms with Gasteiger partial charge in [0.15, 0.2) is 0 Å². The fourth-order valence-corrected chi connectivity index (χ4v) is 3.17. The molecule has 0 saturated carbocycles. The standard InChI is InChI=1S/C14H28N2O2/c1-13(2)6-5-11(17-13)8-16-9-12(7-15)18-14(3,4)10-16/h11-12H,5-10,15H2,1-4H3. The largest absolute Gasteiger partial charge is 0.371 e. The predicted molar refractivity (Wildman–Crippen MR) is 72.6 cm³/mol. The van der Waals surface area contributed by atoms with E-state index in [-0.39, 0.29) is 17.3 Å². The fraction of sp³-hybridized carbons (Fsp3) is 1.00. The summed E-state index contributed by atoms with van der Waals surface area (Å²) in [7, 11) is 0. The lowest BCUT2D eigenvalue weighted by molar-refractivity contribution is -0.140. The lowest BCUT2D eigenvalue weighted by Crippen LogP contribution is -2.56. The Bertz CT molecular complexity index is 292. The average molecular weight is 256 g/mol. The van der Waals surface area contributed by atoms with Crippen molar-refractivity contribution >= 4 is 0 Å². The number of ether oxygens (including phenoxy) is 2. The van der Waals surface area contributed by atoms with E-state index in [0.29, 0.717) is 12.6 Å². The molecular weight excluding hydrogens is 228 g/mol. The van der Waals surface area contributed by atoms with Gasteiger partial charge in [0, 0.05) is 26.2 Å². The van der Waals surface area contributed by atoms with Crippen LogP contribution in [0.25, 0.3) is 0 Å². The van der Waals surface area contributed by atoms with Crippen LogP contribution in [0.15, 0.2) is 0 Å². The van der Waals surface area contributed by atoms with E-state index in [0.717, 1.165) is 32.5 Å². The Hall–Kier alpha value is -0.160. The highest BCUT2D eigenvalue weighted by atomic mass is 16.5. The van der Waals surface area contributed by atoms with Gasteiger partial charge in [-0.25, -0.2) is 0 Å². The first kappa shape index (κ1) is 14.3. The van der Waals surface area contributed by atoms with Gasteiger partial charge in [-0.2, -0.15) is 0 Å². The molecule has 2 N–H and O–H groups in total. The first-order valence-corrected chi connectivity index (χ1v) is 7.08. The van der Waals surface area contributed by atoms with Crippen molar-refractivity contribution in [1.29, 1.82) is 0 Å². The SMILES string of the molecule is CC1(C)CCC(CN2CC(CN)OC(C)(C)C2)O1. The van der Waals surface area contributed by atoms with Crippen molar-refractivity contribution in [2.24, 2.45) is 5.73 Å². The Morgan fingerprint density at radius 1 is 1.11 bits per heavy atom. The third-order valence-corrected chi connectivity index (χ3v) is 3.83. The summed E-state index contributed by atoms with van der Waals surface area (Å²) < 4.78 is 12.0. The molecule has 2 aliphatic rings. The Balaban J connectivity index is 1.89.